The van der Waals surface area contributed by atoms with Gasteiger partial charge in [0.2, 0.25) is 0 Å². The fraction of sp³-hybridized carbons (Fsp3) is 0.500. The number of Topliss-reactive ketones (excluding diaryl/α,β-unsaturated/α-hetero) is 1. The Morgan fingerprint density at radius 1 is 1.20 bits per heavy atom. The van der Waals surface area contributed by atoms with Crippen LogP contribution in [0.4, 0.5) is 0 Å². The van der Waals surface area contributed by atoms with Crippen LogP contribution in [0.15, 0.2) is 41.1 Å². The number of halogens is 1. The van der Waals surface area contributed by atoms with Gasteiger partial charge in [-0.1, -0.05) is 31.0 Å². The molecule has 3 unspecified atom stereocenters. The van der Waals surface area contributed by atoms with E-state index in [0.29, 0.717) is 23.2 Å². The third kappa shape index (κ3) is 5.85. The Morgan fingerprint density at radius 3 is 2.77 bits per heavy atom. The summed E-state index contributed by atoms with van der Waals surface area (Å²) >= 11 is 6.08. The smallest absolute Gasteiger partial charge is 0.252 e. The molecule has 1 heterocycles. The first kappa shape index (κ1) is 25.2. The van der Waals surface area contributed by atoms with Crippen molar-refractivity contribution in [1.29, 1.82) is 5.26 Å². The topological polar surface area (TPSA) is 87.8 Å². The summed E-state index contributed by atoms with van der Waals surface area (Å²) in [5.41, 5.74) is 3.26. The summed E-state index contributed by atoms with van der Waals surface area (Å²) in [5.74, 6) is 1.06. The predicted molar refractivity (Wildman–Crippen MR) is 138 cm³/mol. The van der Waals surface area contributed by atoms with Crippen molar-refractivity contribution in [1.82, 2.24) is 15.1 Å². The van der Waals surface area contributed by atoms with Crippen LogP contribution in [0.1, 0.15) is 67.8 Å². The molecule has 1 saturated carbocycles. The second-order valence-corrected chi connectivity index (χ2v) is 10.5. The number of amides is 1. The molecule has 2 aromatic rings. The van der Waals surface area contributed by atoms with Crippen LogP contribution in [0, 0.1) is 36.0 Å². The van der Waals surface area contributed by atoms with Gasteiger partial charge < -0.3 is 5.32 Å². The van der Waals surface area contributed by atoms with Gasteiger partial charge in [-0.2, -0.15) is 10.4 Å². The Kier molecular flexibility index (Phi) is 8.07. The molecule has 0 saturated heterocycles. The summed E-state index contributed by atoms with van der Waals surface area (Å²) in [4.78, 5) is 25.5. The van der Waals surface area contributed by atoms with Crippen molar-refractivity contribution in [3.8, 4) is 6.07 Å². The number of hydrogen-bond donors (Lipinski definition) is 1. The number of carbonyl (C=O) groups is 2. The van der Waals surface area contributed by atoms with E-state index in [1.165, 1.54) is 0 Å². The van der Waals surface area contributed by atoms with E-state index >= 15 is 0 Å². The van der Waals surface area contributed by atoms with Gasteiger partial charge in [-0.05, 0) is 86.6 Å². The minimum Gasteiger partial charge on any atom is -0.339 e. The number of fused-ring (bicyclic) bond motifs is 1. The molecule has 1 aromatic carbocycles. The van der Waals surface area contributed by atoms with Crippen molar-refractivity contribution < 1.29 is 9.59 Å². The van der Waals surface area contributed by atoms with Gasteiger partial charge >= 0.3 is 0 Å². The SMILES string of the molecule is Cc1c(C(=O)NCC#N)ccc2nn(CC3CCCC(C(=O)C4=CC=C(Cl)CC4)C(C)CC3)cc12. The number of ketones is 1. The monoisotopic (exact) mass is 492 g/mol. The summed E-state index contributed by atoms with van der Waals surface area (Å²) in [5, 5.41) is 17.9. The maximum atomic E-state index is 13.2. The van der Waals surface area contributed by atoms with E-state index < -0.39 is 0 Å². The summed E-state index contributed by atoms with van der Waals surface area (Å²) < 4.78 is 2.01. The predicted octanol–water partition coefficient (Wildman–Crippen LogP) is 5.84. The minimum absolute atomic E-state index is 0.00880. The lowest BCUT2D eigenvalue weighted by Crippen LogP contribution is -2.27. The minimum atomic E-state index is -0.236. The molecule has 0 bridgehead atoms. The number of carbonyl (C=O) groups excluding carboxylic acids is 2. The van der Waals surface area contributed by atoms with Crippen molar-refractivity contribution in [3.63, 3.8) is 0 Å². The third-order valence-electron chi connectivity index (χ3n) is 7.62. The molecule has 1 aromatic heterocycles. The number of nitrogens with zero attached hydrogens (tertiary/aromatic N) is 3. The van der Waals surface area contributed by atoms with E-state index in [1.807, 2.05) is 42.1 Å². The van der Waals surface area contributed by atoms with Crippen LogP contribution < -0.4 is 5.32 Å². The van der Waals surface area contributed by atoms with Crippen LogP contribution in [0.3, 0.4) is 0 Å². The fourth-order valence-corrected chi connectivity index (χ4v) is 5.64. The number of nitrogens with one attached hydrogen (secondary N) is 1. The van der Waals surface area contributed by atoms with Gasteiger partial charge in [0.25, 0.3) is 5.91 Å². The molecule has 2 aliphatic carbocycles. The number of aryl methyl sites for hydroxylation is 1. The highest BCUT2D eigenvalue weighted by Crippen LogP contribution is 2.35. The van der Waals surface area contributed by atoms with Crippen LogP contribution in [-0.2, 0) is 11.3 Å². The average molecular weight is 493 g/mol. The highest BCUT2D eigenvalue weighted by molar-refractivity contribution is 6.29. The Balaban J connectivity index is 1.40. The maximum absolute atomic E-state index is 13.2. The standard InChI is InChI=1S/C28H33ClN4O2/c1-18-6-7-20(4-3-5-23(18)27(34)21-8-10-22(29)11-9-21)16-33-17-25-19(2)24(12-13-26(25)32-33)28(35)31-15-14-30/h8,10,12-13,17-18,20,23H,3-7,9,11,15-16H2,1-2H3,(H,31,35). The molecule has 1 amide bonds. The summed E-state index contributed by atoms with van der Waals surface area (Å²) in [7, 11) is 0. The summed E-state index contributed by atoms with van der Waals surface area (Å²) in [6, 6.07) is 5.59. The summed E-state index contributed by atoms with van der Waals surface area (Å²) in [6.45, 7) is 4.98. The number of nitriles is 1. The number of allylic oxidation sites excluding steroid dienone is 4. The highest BCUT2D eigenvalue weighted by atomic mass is 35.5. The molecule has 6 nitrogen and oxygen atoms in total. The Bertz CT molecular complexity index is 1220. The van der Waals surface area contributed by atoms with Gasteiger partial charge in [0.15, 0.2) is 5.78 Å². The maximum Gasteiger partial charge on any atom is 0.252 e. The van der Waals surface area contributed by atoms with Gasteiger partial charge in [-0.15, -0.1) is 0 Å². The van der Waals surface area contributed by atoms with E-state index in [1.54, 1.807) is 6.07 Å². The van der Waals surface area contributed by atoms with Crippen LogP contribution >= 0.6 is 11.6 Å². The van der Waals surface area contributed by atoms with Crippen LogP contribution in [0.25, 0.3) is 10.9 Å². The van der Waals surface area contributed by atoms with Crippen molar-refractivity contribution in [2.75, 3.05) is 6.54 Å². The lowest BCUT2D eigenvalue weighted by molar-refractivity contribution is -0.121. The molecule has 7 heteroatoms. The average Bonchev–Trinajstić information content (AvgIpc) is 3.26. The van der Waals surface area contributed by atoms with Crippen LogP contribution in [-0.4, -0.2) is 28.0 Å². The van der Waals surface area contributed by atoms with Gasteiger partial charge in [-0.3, -0.25) is 14.3 Å². The van der Waals surface area contributed by atoms with Crippen molar-refractivity contribution in [2.24, 2.45) is 17.8 Å². The van der Waals surface area contributed by atoms with Crippen molar-refractivity contribution in [3.05, 3.63) is 52.2 Å². The molecule has 1 N–H and O–H groups in total. The molecule has 0 aliphatic heterocycles. The zero-order valence-corrected chi connectivity index (χ0v) is 21.3. The van der Waals surface area contributed by atoms with Crippen molar-refractivity contribution >= 4 is 34.2 Å². The third-order valence-corrected chi connectivity index (χ3v) is 7.94. The van der Waals surface area contributed by atoms with Gasteiger partial charge in [0.1, 0.15) is 6.54 Å². The summed E-state index contributed by atoms with van der Waals surface area (Å²) in [6.07, 6.45) is 12.5. The first-order valence-corrected chi connectivity index (χ1v) is 13.0. The van der Waals surface area contributed by atoms with Gasteiger partial charge in [0, 0.05) is 34.6 Å². The Morgan fingerprint density at radius 2 is 2.03 bits per heavy atom. The molecular formula is C28H33ClN4O2. The lowest BCUT2D eigenvalue weighted by Gasteiger charge is -2.30. The zero-order chi connectivity index (χ0) is 24.9. The van der Waals surface area contributed by atoms with Crippen LogP contribution in [0.5, 0.6) is 0 Å². The Labute approximate surface area is 212 Å². The molecule has 184 valence electrons. The van der Waals surface area contributed by atoms with E-state index in [9.17, 15) is 9.59 Å². The highest BCUT2D eigenvalue weighted by Gasteiger charge is 2.30. The quantitative estimate of drug-likeness (QED) is 0.513. The normalized spacial score (nSPS) is 23.0. The molecule has 1 fully saturated rings. The molecule has 0 radical (unpaired) electrons. The first-order chi connectivity index (χ1) is 16.9. The first-order valence-electron chi connectivity index (χ1n) is 12.6. The van der Waals surface area contributed by atoms with Gasteiger partial charge in [-0.25, -0.2) is 0 Å². The van der Waals surface area contributed by atoms with Crippen molar-refractivity contribution in [2.45, 2.75) is 65.3 Å². The Hall–Kier alpha value is -2.91. The van der Waals surface area contributed by atoms with Gasteiger partial charge in [0.05, 0.1) is 11.6 Å². The number of benzene rings is 1. The molecule has 4 rings (SSSR count). The second-order valence-electron chi connectivity index (χ2n) is 9.99. The van der Waals surface area contributed by atoms with Crippen LogP contribution in [0.2, 0.25) is 0 Å². The van der Waals surface area contributed by atoms with E-state index in [0.717, 1.165) is 78.6 Å². The second kappa shape index (κ2) is 11.2. The fourth-order valence-electron chi connectivity index (χ4n) is 5.48. The molecule has 2 aliphatic rings. The lowest BCUT2D eigenvalue weighted by atomic mass is 9.75. The molecule has 0 spiro atoms. The number of rotatable bonds is 6. The van der Waals surface area contributed by atoms with E-state index in [-0.39, 0.29) is 18.4 Å². The number of aromatic nitrogens is 2. The molecule has 35 heavy (non-hydrogen) atoms. The molecule has 3 atom stereocenters. The van der Waals surface area contributed by atoms with E-state index in [4.69, 9.17) is 22.0 Å². The zero-order valence-electron chi connectivity index (χ0n) is 20.5. The largest absolute Gasteiger partial charge is 0.339 e. The molecular weight excluding hydrogens is 460 g/mol. The van der Waals surface area contributed by atoms with E-state index in [2.05, 4.69) is 12.2 Å². The number of hydrogen-bond acceptors (Lipinski definition) is 4.